The minimum atomic E-state index is -0.295. The molecule has 1 saturated carbocycles. The van der Waals surface area contributed by atoms with Crippen LogP contribution in [0.15, 0.2) is 6.20 Å². The summed E-state index contributed by atoms with van der Waals surface area (Å²) >= 11 is 0. The van der Waals surface area contributed by atoms with E-state index < -0.39 is 0 Å². The number of nitrogens with zero attached hydrogens (tertiary/aromatic N) is 3. The van der Waals surface area contributed by atoms with E-state index >= 15 is 0 Å². The number of rotatable bonds is 4. The first kappa shape index (κ1) is 13.6. The highest BCUT2D eigenvalue weighted by atomic mass is 19.1. The van der Waals surface area contributed by atoms with Gasteiger partial charge < -0.3 is 10.2 Å². The molecule has 1 aromatic heterocycles. The molecule has 0 aromatic carbocycles. The van der Waals surface area contributed by atoms with Crippen molar-refractivity contribution in [3.63, 3.8) is 0 Å². The Hall–Kier alpha value is -1.39. The summed E-state index contributed by atoms with van der Waals surface area (Å²) < 4.78 is 14.1. The Morgan fingerprint density at radius 3 is 2.85 bits per heavy atom. The van der Waals surface area contributed by atoms with Gasteiger partial charge in [0.15, 0.2) is 11.6 Å². The molecule has 1 N–H and O–H groups in total. The summed E-state index contributed by atoms with van der Waals surface area (Å²) in [5, 5.41) is 3.07. The fraction of sp³-hybridized carbons (Fsp3) is 0.733. The molecule has 20 heavy (non-hydrogen) atoms. The Bertz CT molecular complexity index is 459. The molecule has 1 atom stereocenters. The van der Waals surface area contributed by atoms with Crippen LogP contribution in [0.2, 0.25) is 0 Å². The van der Waals surface area contributed by atoms with Crippen LogP contribution in [0.25, 0.3) is 0 Å². The van der Waals surface area contributed by atoms with E-state index in [1.54, 1.807) is 0 Å². The molecule has 3 rings (SSSR count). The Labute approximate surface area is 119 Å². The van der Waals surface area contributed by atoms with Crippen LogP contribution >= 0.6 is 0 Å². The van der Waals surface area contributed by atoms with Gasteiger partial charge in [-0.25, -0.2) is 9.37 Å². The molecule has 1 aliphatic heterocycles. The summed E-state index contributed by atoms with van der Waals surface area (Å²) in [5.74, 6) is 1.44. The summed E-state index contributed by atoms with van der Waals surface area (Å²) in [6.07, 6.45) is 8.83. The van der Waals surface area contributed by atoms with E-state index in [4.69, 9.17) is 0 Å². The highest BCUT2D eigenvalue weighted by Crippen LogP contribution is 2.37. The van der Waals surface area contributed by atoms with E-state index in [1.807, 2.05) is 6.92 Å². The van der Waals surface area contributed by atoms with E-state index in [-0.39, 0.29) is 5.82 Å². The van der Waals surface area contributed by atoms with Crippen LogP contribution < -0.4 is 10.2 Å². The summed E-state index contributed by atoms with van der Waals surface area (Å²) in [6.45, 7) is 3.65. The van der Waals surface area contributed by atoms with Crippen LogP contribution in [0.1, 0.15) is 45.4 Å². The molecule has 0 amide bonds. The van der Waals surface area contributed by atoms with Gasteiger partial charge in [-0.3, -0.25) is 0 Å². The van der Waals surface area contributed by atoms with Gasteiger partial charge in [0.25, 0.3) is 0 Å². The number of aromatic nitrogens is 2. The van der Waals surface area contributed by atoms with Crippen molar-refractivity contribution < 1.29 is 4.39 Å². The van der Waals surface area contributed by atoms with Gasteiger partial charge in [-0.1, -0.05) is 12.8 Å². The molecule has 1 unspecified atom stereocenters. The average molecular weight is 278 g/mol. The SMILES string of the molecule is CCNc1ncc(F)c(N2CCCC2C2CCCC2)n1. The van der Waals surface area contributed by atoms with E-state index in [1.165, 1.54) is 38.3 Å². The summed E-state index contributed by atoms with van der Waals surface area (Å²) in [4.78, 5) is 10.6. The molecule has 0 bridgehead atoms. The van der Waals surface area contributed by atoms with Crippen molar-refractivity contribution in [1.82, 2.24) is 9.97 Å². The molecule has 2 heterocycles. The first-order valence-electron chi connectivity index (χ1n) is 7.82. The third kappa shape index (κ3) is 2.58. The molecular weight excluding hydrogens is 255 g/mol. The normalized spacial score (nSPS) is 23.5. The molecule has 2 aliphatic rings. The molecular formula is C15H23FN4. The third-order valence-electron chi connectivity index (χ3n) is 4.58. The lowest BCUT2D eigenvalue weighted by Gasteiger charge is -2.30. The predicted octanol–water partition coefficient (Wildman–Crippen LogP) is 3.21. The van der Waals surface area contributed by atoms with Gasteiger partial charge in [0.05, 0.1) is 6.20 Å². The lowest BCUT2D eigenvalue weighted by Crippen LogP contribution is -2.36. The maximum absolute atomic E-state index is 14.1. The fourth-order valence-electron chi connectivity index (χ4n) is 3.69. The Morgan fingerprint density at radius 1 is 1.30 bits per heavy atom. The lowest BCUT2D eigenvalue weighted by atomic mass is 9.96. The monoisotopic (exact) mass is 278 g/mol. The van der Waals surface area contributed by atoms with Crippen molar-refractivity contribution in [1.29, 1.82) is 0 Å². The zero-order valence-corrected chi connectivity index (χ0v) is 12.1. The Balaban J connectivity index is 1.84. The summed E-state index contributed by atoms with van der Waals surface area (Å²) in [5.41, 5.74) is 0. The second-order valence-corrected chi connectivity index (χ2v) is 5.84. The molecule has 2 fully saturated rings. The first-order valence-corrected chi connectivity index (χ1v) is 7.82. The van der Waals surface area contributed by atoms with E-state index in [0.717, 1.165) is 25.4 Å². The smallest absolute Gasteiger partial charge is 0.224 e. The Kier molecular flexibility index (Phi) is 4.03. The molecule has 5 heteroatoms. The number of hydrogen-bond donors (Lipinski definition) is 1. The van der Waals surface area contributed by atoms with Crippen LogP contribution in [-0.2, 0) is 0 Å². The van der Waals surface area contributed by atoms with Crippen molar-refractivity contribution in [2.45, 2.75) is 51.5 Å². The van der Waals surface area contributed by atoms with Crippen molar-refractivity contribution in [2.24, 2.45) is 5.92 Å². The number of hydrogen-bond acceptors (Lipinski definition) is 4. The zero-order valence-electron chi connectivity index (χ0n) is 12.1. The van der Waals surface area contributed by atoms with Gasteiger partial charge in [0.1, 0.15) is 0 Å². The van der Waals surface area contributed by atoms with Gasteiger partial charge in [-0.2, -0.15) is 4.98 Å². The average Bonchev–Trinajstić information content (AvgIpc) is 3.10. The molecule has 1 saturated heterocycles. The quantitative estimate of drug-likeness (QED) is 0.918. The molecule has 1 aliphatic carbocycles. The van der Waals surface area contributed by atoms with Crippen LogP contribution in [0.3, 0.4) is 0 Å². The van der Waals surface area contributed by atoms with Crippen molar-refractivity contribution in [2.75, 3.05) is 23.3 Å². The first-order chi connectivity index (χ1) is 9.79. The largest absolute Gasteiger partial charge is 0.354 e. The van der Waals surface area contributed by atoms with Gasteiger partial charge in [0, 0.05) is 19.1 Å². The van der Waals surface area contributed by atoms with Gasteiger partial charge >= 0.3 is 0 Å². The predicted molar refractivity (Wildman–Crippen MR) is 78.5 cm³/mol. The van der Waals surface area contributed by atoms with E-state index in [2.05, 4.69) is 20.2 Å². The molecule has 110 valence electrons. The van der Waals surface area contributed by atoms with Crippen molar-refractivity contribution in [3.05, 3.63) is 12.0 Å². The molecule has 0 radical (unpaired) electrons. The van der Waals surface area contributed by atoms with Gasteiger partial charge in [-0.05, 0) is 38.5 Å². The zero-order chi connectivity index (χ0) is 13.9. The summed E-state index contributed by atoms with van der Waals surface area (Å²) in [7, 11) is 0. The third-order valence-corrected chi connectivity index (χ3v) is 4.58. The van der Waals surface area contributed by atoms with Gasteiger partial charge in [-0.15, -0.1) is 0 Å². The molecule has 1 aromatic rings. The van der Waals surface area contributed by atoms with Crippen LogP contribution in [0, 0.1) is 11.7 Å². The number of halogens is 1. The van der Waals surface area contributed by atoms with Crippen LogP contribution in [-0.4, -0.2) is 29.1 Å². The minimum Gasteiger partial charge on any atom is -0.354 e. The topological polar surface area (TPSA) is 41.1 Å². The highest BCUT2D eigenvalue weighted by Gasteiger charge is 2.35. The maximum atomic E-state index is 14.1. The summed E-state index contributed by atoms with van der Waals surface area (Å²) in [6, 6.07) is 0.469. The van der Waals surface area contributed by atoms with Crippen molar-refractivity contribution in [3.8, 4) is 0 Å². The van der Waals surface area contributed by atoms with E-state index in [0.29, 0.717) is 17.8 Å². The standard InChI is InChI=1S/C15H23FN4/c1-2-17-15-18-10-12(16)14(19-15)20-9-5-8-13(20)11-6-3-4-7-11/h10-11,13H,2-9H2,1H3,(H,17,18,19). The van der Waals surface area contributed by atoms with E-state index in [9.17, 15) is 4.39 Å². The molecule has 0 spiro atoms. The van der Waals surface area contributed by atoms with Crippen molar-refractivity contribution >= 4 is 11.8 Å². The second kappa shape index (κ2) is 5.94. The minimum absolute atomic E-state index is 0.295. The lowest BCUT2D eigenvalue weighted by molar-refractivity contribution is 0.425. The fourth-order valence-corrected chi connectivity index (χ4v) is 3.69. The van der Waals surface area contributed by atoms with Gasteiger partial charge in [0.2, 0.25) is 5.95 Å². The Morgan fingerprint density at radius 2 is 2.10 bits per heavy atom. The van der Waals surface area contributed by atoms with Crippen LogP contribution in [0.4, 0.5) is 16.2 Å². The maximum Gasteiger partial charge on any atom is 0.224 e. The number of nitrogens with one attached hydrogen (secondary N) is 1. The second-order valence-electron chi connectivity index (χ2n) is 5.84. The molecule has 4 nitrogen and oxygen atoms in total. The number of anilines is 2. The van der Waals surface area contributed by atoms with Crippen LogP contribution in [0.5, 0.6) is 0 Å². The highest BCUT2D eigenvalue weighted by molar-refractivity contribution is 5.46.